The molecule has 10 heteroatoms. The molecule has 9 nitrogen and oxygen atoms in total. The average Bonchev–Trinajstić information content (AvgIpc) is 2.88. The molecule has 0 bridgehead atoms. The number of phosphoric ester groups is 1. The third-order valence-electron chi connectivity index (χ3n) is 16.3. The Morgan fingerprint density at radius 1 is 0.309 bits per heavy atom. The fraction of sp³-hybridized carbons (Fsp3) is 0.632. The highest BCUT2D eigenvalue weighted by Crippen LogP contribution is 2.43. The van der Waals surface area contributed by atoms with Crippen LogP contribution in [0.5, 0.6) is 0 Å². The molecule has 0 fully saturated rings. The molecular weight excluding hydrogens is 1220 g/mol. The van der Waals surface area contributed by atoms with Crippen molar-refractivity contribution in [3.63, 3.8) is 0 Å². The first-order valence-electron chi connectivity index (χ1n) is 39.3. The molecule has 97 heavy (non-hydrogen) atoms. The molecule has 0 aromatic heterocycles. The zero-order valence-corrected chi connectivity index (χ0v) is 62.9. The summed E-state index contributed by atoms with van der Waals surface area (Å²) in [5, 5.41) is 0. The van der Waals surface area contributed by atoms with E-state index < -0.39 is 26.5 Å². The van der Waals surface area contributed by atoms with Gasteiger partial charge in [0.2, 0.25) is 0 Å². The Bertz CT molecular complexity index is 2250. The van der Waals surface area contributed by atoms with Crippen molar-refractivity contribution in [2.45, 2.75) is 328 Å². The molecule has 2 unspecified atom stereocenters. The fourth-order valence-electron chi connectivity index (χ4n) is 10.6. The summed E-state index contributed by atoms with van der Waals surface area (Å²) in [4.78, 5) is 35.5. The lowest BCUT2D eigenvalue weighted by Gasteiger charge is -2.19. The van der Waals surface area contributed by atoms with Crippen molar-refractivity contribution in [1.82, 2.24) is 0 Å². The third-order valence-corrected chi connectivity index (χ3v) is 17.3. The van der Waals surface area contributed by atoms with Crippen molar-refractivity contribution in [1.29, 1.82) is 0 Å². The van der Waals surface area contributed by atoms with Crippen LogP contribution in [0.2, 0.25) is 0 Å². The van der Waals surface area contributed by atoms with Crippen LogP contribution >= 0.6 is 7.82 Å². The Morgan fingerprint density at radius 2 is 0.536 bits per heavy atom. The Kier molecular flexibility index (Phi) is 76.1. The van der Waals surface area contributed by atoms with E-state index in [-0.39, 0.29) is 38.6 Å². The predicted molar refractivity (Wildman–Crippen MR) is 422 cm³/mol. The first-order valence-corrected chi connectivity index (χ1v) is 40.8. The molecule has 0 aliphatic heterocycles. The number of phosphoric acid groups is 1. The summed E-state index contributed by atoms with van der Waals surface area (Å²) in [7, 11) is -4.41. The second kappa shape index (κ2) is 80.1. The normalized spacial score (nSPS) is 13.9. The van der Waals surface area contributed by atoms with E-state index in [9.17, 15) is 19.0 Å². The van der Waals surface area contributed by atoms with E-state index in [4.69, 9.17) is 24.3 Å². The Labute approximate surface area is 596 Å². The minimum Gasteiger partial charge on any atom is -0.462 e. The molecule has 550 valence electrons. The molecule has 0 saturated carbocycles. The molecule has 0 aromatic rings. The minimum atomic E-state index is -4.41. The van der Waals surface area contributed by atoms with Gasteiger partial charge >= 0.3 is 19.8 Å². The van der Waals surface area contributed by atoms with Crippen molar-refractivity contribution in [2.75, 3.05) is 26.4 Å². The number of rotatable bonds is 72. The molecule has 0 radical (unpaired) electrons. The van der Waals surface area contributed by atoms with E-state index in [0.717, 1.165) is 141 Å². The van der Waals surface area contributed by atoms with Crippen LogP contribution in [0, 0.1) is 0 Å². The molecule has 0 spiro atoms. The number of hydrogen-bond acceptors (Lipinski definition) is 8. The van der Waals surface area contributed by atoms with Gasteiger partial charge in [-0.3, -0.25) is 18.6 Å². The lowest BCUT2D eigenvalue weighted by Crippen LogP contribution is -2.29. The summed E-state index contributed by atoms with van der Waals surface area (Å²) in [6.07, 6.45) is 120. The smallest absolute Gasteiger partial charge is 0.462 e. The first kappa shape index (κ1) is 92.1. The van der Waals surface area contributed by atoms with Gasteiger partial charge in [-0.15, -0.1) is 0 Å². The van der Waals surface area contributed by atoms with Crippen LogP contribution in [-0.2, 0) is 32.7 Å². The molecule has 0 rings (SSSR count). The van der Waals surface area contributed by atoms with Gasteiger partial charge in [-0.2, -0.15) is 0 Å². The predicted octanol–water partition coefficient (Wildman–Crippen LogP) is 26.6. The highest BCUT2D eigenvalue weighted by molar-refractivity contribution is 7.47. The summed E-state index contributed by atoms with van der Waals surface area (Å²) >= 11 is 0. The summed E-state index contributed by atoms with van der Waals surface area (Å²) in [5.74, 6) is -0.830. The maximum Gasteiger partial charge on any atom is 0.472 e. The Morgan fingerprint density at radius 3 is 0.794 bits per heavy atom. The average molecular weight is 1360 g/mol. The molecule has 0 heterocycles. The van der Waals surface area contributed by atoms with Gasteiger partial charge in [0.1, 0.15) is 6.61 Å². The largest absolute Gasteiger partial charge is 0.472 e. The maximum absolute atomic E-state index is 12.8. The summed E-state index contributed by atoms with van der Waals surface area (Å²) < 4.78 is 33.3. The van der Waals surface area contributed by atoms with Crippen LogP contribution < -0.4 is 5.73 Å². The zero-order chi connectivity index (χ0) is 70.0. The number of unbranched alkanes of at least 4 members (excludes halogenated alkanes) is 29. The van der Waals surface area contributed by atoms with Crippen molar-refractivity contribution < 1.29 is 37.6 Å². The van der Waals surface area contributed by atoms with Gasteiger partial charge in [0.25, 0.3) is 0 Å². The summed E-state index contributed by atoms with van der Waals surface area (Å²) in [6.45, 7) is 3.53. The monoisotopic (exact) mass is 1360 g/mol. The van der Waals surface area contributed by atoms with Crippen molar-refractivity contribution in [3.8, 4) is 0 Å². The lowest BCUT2D eigenvalue weighted by atomic mass is 10.0. The number of nitrogens with two attached hydrogens (primary N) is 1. The SMILES string of the molecule is CC/C=C\C/C=C\C/C=C\C/C=C\C/C=C\C/C=C\C/C=C\C/C=C\C/C=C\CCCCCCCCCCCCCC(=O)OC(COC(=O)CCCCCCCCCCCCCCCCCCCC/C=C\C/C=C\C/C=C\C/C=C\C/C=C\C/C=C\CC)COP(=O)(O)OCCN. The lowest BCUT2D eigenvalue weighted by molar-refractivity contribution is -0.161. The second-order valence-electron chi connectivity index (χ2n) is 25.5. The van der Waals surface area contributed by atoms with Crippen molar-refractivity contribution >= 4 is 19.8 Å². The van der Waals surface area contributed by atoms with E-state index in [0.29, 0.717) is 6.42 Å². The Balaban J connectivity index is 3.89. The van der Waals surface area contributed by atoms with Gasteiger partial charge in [-0.25, -0.2) is 4.57 Å². The molecule has 3 N–H and O–H groups in total. The number of ether oxygens (including phenoxy) is 2. The summed E-state index contributed by atoms with van der Waals surface area (Å²) in [5.41, 5.74) is 5.41. The molecule has 0 aliphatic carbocycles. The quantitative estimate of drug-likeness (QED) is 0.0264. The van der Waals surface area contributed by atoms with Crippen molar-refractivity contribution in [3.05, 3.63) is 182 Å². The van der Waals surface area contributed by atoms with Gasteiger partial charge in [0.15, 0.2) is 6.10 Å². The topological polar surface area (TPSA) is 134 Å². The van der Waals surface area contributed by atoms with Crippen LogP contribution in [0.15, 0.2) is 182 Å². The van der Waals surface area contributed by atoms with Crippen LogP contribution in [0.25, 0.3) is 0 Å². The van der Waals surface area contributed by atoms with Gasteiger partial charge in [-0.05, 0) is 135 Å². The van der Waals surface area contributed by atoms with E-state index in [1.165, 1.54) is 148 Å². The van der Waals surface area contributed by atoms with E-state index in [1.54, 1.807) is 0 Å². The standard InChI is InChI=1S/C87H144NO8P/c1-3-5-7-9-11-13-15-17-19-21-23-25-27-29-31-33-35-37-39-41-42-44-46-48-50-52-54-56-58-60-62-64-66-68-70-72-74-76-78-80-87(90)96-85(84-95-97(91,92)94-82-81-88)83-93-86(89)79-77-75-73-71-69-67-65-63-61-59-57-55-53-51-49-47-45-43-40-38-36-34-32-30-28-26-24-22-20-18-16-14-12-10-8-6-4-2/h5-8,11-14,17-20,23-26,29-32,35-38,41-42,46,48,52,54,85H,3-4,9-10,15-16,21-22,27-28,33-34,39-40,43-45,47,49-51,53,55-84,88H2,1-2H3,(H,91,92)/b7-5-,8-6-,13-11-,14-12-,19-17-,20-18-,25-23-,26-24-,31-29-,32-30-,37-35-,38-36-,42-41-,48-46-,54-52-. The van der Waals surface area contributed by atoms with Crippen LogP contribution in [0.4, 0.5) is 0 Å². The highest BCUT2D eigenvalue weighted by Gasteiger charge is 2.26. The molecular formula is C87H144NO8P. The number of esters is 2. The third kappa shape index (κ3) is 80.0. The highest BCUT2D eigenvalue weighted by atomic mass is 31.2. The molecule has 0 aromatic carbocycles. The van der Waals surface area contributed by atoms with Gasteiger partial charge < -0.3 is 20.1 Å². The van der Waals surface area contributed by atoms with Gasteiger partial charge in [-0.1, -0.05) is 357 Å². The molecule has 0 saturated heterocycles. The minimum absolute atomic E-state index is 0.0466. The number of hydrogen-bond donors (Lipinski definition) is 2. The molecule has 2 atom stereocenters. The molecule has 0 aliphatic rings. The van der Waals surface area contributed by atoms with Crippen molar-refractivity contribution in [2.24, 2.45) is 5.73 Å². The number of carbonyl (C=O) groups is 2. The molecule has 0 amide bonds. The summed E-state index contributed by atoms with van der Waals surface area (Å²) in [6, 6.07) is 0. The first-order chi connectivity index (χ1) is 47.8. The fourth-order valence-corrected chi connectivity index (χ4v) is 11.3. The van der Waals surface area contributed by atoms with Gasteiger partial charge in [0.05, 0.1) is 13.2 Å². The van der Waals surface area contributed by atoms with Crippen LogP contribution in [-0.4, -0.2) is 49.3 Å². The van der Waals surface area contributed by atoms with E-state index in [2.05, 4.69) is 196 Å². The van der Waals surface area contributed by atoms with E-state index in [1.807, 2.05) is 0 Å². The van der Waals surface area contributed by atoms with Gasteiger partial charge in [0, 0.05) is 19.4 Å². The second-order valence-corrected chi connectivity index (χ2v) is 26.9. The van der Waals surface area contributed by atoms with Crippen LogP contribution in [0.1, 0.15) is 322 Å². The van der Waals surface area contributed by atoms with E-state index >= 15 is 0 Å². The maximum atomic E-state index is 12.8. The number of carbonyl (C=O) groups excluding carboxylic acids is 2. The number of allylic oxidation sites excluding steroid dienone is 30. The Hall–Kier alpha value is -4.89. The van der Waals surface area contributed by atoms with Crippen LogP contribution in [0.3, 0.4) is 0 Å². The zero-order valence-electron chi connectivity index (χ0n) is 62.0.